The lowest BCUT2D eigenvalue weighted by molar-refractivity contribution is -0.122. The molecule has 1 atom stereocenters. The molecule has 0 aliphatic carbocycles. The number of aromatic nitrogens is 1. The molecular weight excluding hydrogens is 258 g/mol. The molecule has 1 aromatic carbocycles. The Bertz CT molecular complexity index is 539. The van der Waals surface area contributed by atoms with E-state index in [0.29, 0.717) is 13.0 Å². The summed E-state index contributed by atoms with van der Waals surface area (Å²) in [6.45, 7) is 2.43. The lowest BCUT2D eigenvalue weighted by Gasteiger charge is -2.11. The Balaban J connectivity index is 1.82. The van der Waals surface area contributed by atoms with Gasteiger partial charge in [0.2, 0.25) is 5.91 Å². The first-order valence-electron chi connectivity index (χ1n) is 6.13. The summed E-state index contributed by atoms with van der Waals surface area (Å²) >= 11 is 1.58. The zero-order valence-corrected chi connectivity index (χ0v) is 11.6. The second-order valence-electron chi connectivity index (χ2n) is 4.38. The fraction of sp³-hybridized carbons (Fsp3) is 0.286. The summed E-state index contributed by atoms with van der Waals surface area (Å²) in [6.07, 6.45) is 2.35. The number of carbonyl (C=O) groups excluding carboxylic acids is 1. The molecule has 0 aliphatic rings. The van der Waals surface area contributed by atoms with Crippen molar-refractivity contribution >= 4 is 17.2 Å². The smallest absolute Gasteiger partial charge is 0.237 e. The molecule has 0 bridgehead atoms. The van der Waals surface area contributed by atoms with Gasteiger partial charge in [0.25, 0.3) is 0 Å². The molecule has 0 unspecified atom stereocenters. The maximum Gasteiger partial charge on any atom is 0.237 e. The molecule has 2 rings (SSSR count). The standard InChI is InChI=1S/C14H17N3OS/c1-10-8-16-13(19-10)9-17-14(18)12(15)7-11-5-3-2-4-6-11/h2-6,8,12H,7,9,15H2,1H3,(H,17,18)/t12-/m0/s1. The summed E-state index contributed by atoms with van der Waals surface area (Å²) in [5.41, 5.74) is 6.95. The van der Waals surface area contributed by atoms with Crippen LogP contribution in [0.2, 0.25) is 0 Å². The normalized spacial score (nSPS) is 12.1. The van der Waals surface area contributed by atoms with E-state index in [-0.39, 0.29) is 5.91 Å². The van der Waals surface area contributed by atoms with Gasteiger partial charge in [0.05, 0.1) is 12.6 Å². The molecule has 1 amide bonds. The Morgan fingerprint density at radius 1 is 1.42 bits per heavy atom. The van der Waals surface area contributed by atoms with Crippen molar-refractivity contribution in [3.63, 3.8) is 0 Å². The van der Waals surface area contributed by atoms with Crippen LogP contribution in [0.4, 0.5) is 0 Å². The predicted molar refractivity (Wildman–Crippen MR) is 76.8 cm³/mol. The molecule has 0 aliphatic heterocycles. The monoisotopic (exact) mass is 275 g/mol. The third kappa shape index (κ3) is 4.15. The van der Waals surface area contributed by atoms with Gasteiger partial charge in [0.15, 0.2) is 0 Å². The lowest BCUT2D eigenvalue weighted by atomic mass is 10.1. The highest BCUT2D eigenvalue weighted by Gasteiger charge is 2.14. The molecule has 1 heterocycles. The van der Waals surface area contributed by atoms with Gasteiger partial charge in [-0.25, -0.2) is 4.98 Å². The second kappa shape index (κ2) is 6.45. The Kier molecular flexibility index (Phi) is 4.65. The van der Waals surface area contributed by atoms with E-state index in [1.165, 1.54) is 0 Å². The van der Waals surface area contributed by atoms with Crippen molar-refractivity contribution in [3.05, 3.63) is 52.0 Å². The molecule has 4 nitrogen and oxygen atoms in total. The third-order valence-corrected chi connectivity index (χ3v) is 3.63. The van der Waals surface area contributed by atoms with Gasteiger partial charge >= 0.3 is 0 Å². The van der Waals surface area contributed by atoms with Crippen LogP contribution in [0.15, 0.2) is 36.5 Å². The number of hydrogen-bond acceptors (Lipinski definition) is 4. The van der Waals surface area contributed by atoms with Crippen molar-refractivity contribution in [1.29, 1.82) is 0 Å². The van der Waals surface area contributed by atoms with E-state index >= 15 is 0 Å². The van der Waals surface area contributed by atoms with Crippen molar-refractivity contribution in [3.8, 4) is 0 Å². The molecule has 2 aromatic rings. The summed E-state index contributed by atoms with van der Waals surface area (Å²) in [6, 6.07) is 9.24. The number of amides is 1. The van der Waals surface area contributed by atoms with Crippen LogP contribution in [0.1, 0.15) is 15.4 Å². The van der Waals surface area contributed by atoms with Crippen LogP contribution < -0.4 is 11.1 Å². The number of nitrogens with zero attached hydrogens (tertiary/aromatic N) is 1. The third-order valence-electron chi connectivity index (χ3n) is 2.72. The first kappa shape index (κ1) is 13.7. The van der Waals surface area contributed by atoms with Crippen LogP contribution >= 0.6 is 11.3 Å². The zero-order valence-electron chi connectivity index (χ0n) is 10.8. The van der Waals surface area contributed by atoms with Crippen LogP contribution in [0, 0.1) is 6.92 Å². The number of benzene rings is 1. The van der Waals surface area contributed by atoms with Crippen molar-refractivity contribution in [2.24, 2.45) is 5.73 Å². The van der Waals surface area contributed by atoms with Gasteiger partial charge in [-0.05, 0) is 18.9 Å². The summed E-state index contributed by atoms with van der Waals surface area (Å²) < 4.78 is 0. The summed E-state index contributed by atoms with van der Waals surface area (Å²) in [5, 5.41) is 3.72. The first-order chi connectivity index (χ1) is 9.15. The van der Waals surface area contributed by atoms with E-state index in [2.05, 4.69) is 10.3 Å². The highest BCUT2D eigenvalue weighted by Crippen LogP contribution is 2.10. The van der Waals surface area contributed by atoms with Gasteiger partial charge in [-0.15, -0.1) is 11.3 Å². The van der Waals surface area contributed by atoms with Gasteiger partial charge in [-0.3, -0.25) is 4.79 Å². The van der Waals surface area contributed by atoms with E-state index in [0.717, 1.165) is 15.4 Å². The fourth-order valence-corrected chi connectivity index (χ4v) is 2.46. The van der Waals surface area contributed by atoms with Crippen LogP contribution in [0.5, 0.6) is 0 Å². The number of carbonyl (C=O) groups is 1. The largest absolute Gasteiger partial charge is 0.348 e. The molecule has 0 spiro atoms. The minimum absolute atomic E-state index is 0.142. The summed E-state index contributed by atoms with van der Waals surface area (Å²) in [5.74, 6) is -0.142. The summed E-state index contributed by atoms with van der Waals surface area (Å²) in [4.78, 5) is 17.2. The van der Waals surface area contributed by atoms with E-state index in [1.807, 2.05) is 37.3 Å². The van der Waals surface area contributed by atoms with Gasteiger partial charge in [0, 0.05) is 11.1 Å². The molecule has 5 heteroatoms. The van der Waals surface area contributed by atoms with Gasteiger partial charge in [-0.1, -0.05) is 30.3 Å². The molecule has 0 saturated carbocycles. The number of aryl methyl sites for hydroxylation is 1. The minimum Gasteiger partial charge on any atom is -0.348 e. The molecule has 3 N–H and O–H groups in total. The molecule has 0 radical (unpaired) electrons. The van der Waals surface area contributed by atoms with Crippen molar-refractivity contribution < 1.29 is 4.79 Å². The number of nitrogens with two attached hydrogens (primary N) is 1. The van der Waals surface area contributed by atoms with Crippen molar-refractivity contribution in [1.82, 2.24) is 10.3 Å². The van der Waals surface area contributed by atoms with Gasteiger partial charge in [-0.2, -0.15) is 0 Å². The maximum atomic E-state index is 11.9. The molecule has 19 heavy (non-hydrogen) atoms. The second-order valence-corrected chi connectivity index (χ2v) is 5.70. The number of thiazole rings is 1. The first-order valence-corrected chi connectivity index (χ1v) is 6.95. The highest BCUT2D eigenvalue weighted by atomic mass is 32.1. The molecule has 0 fully saturated rings. The maximum absolute atomic E-state index is 11.9. The van der Waals surface area contributed by atoms with Crippen LogP contribution in [-0.4, -0.2) is 16.9 Å². The van der Waals surface area contributed by atoms with E-state index in [4.69, 9.17) is 5.73 Å². The number of rotatable bonds is 5. The average molecular weight is 275 g/mol. The predicted octanol–water partition coefficient (Wildman–Crippen LogP) is 1.64. The molecular formula is C14H17N3OS. The summed E-state index contributed by atoms with van der Waals surface area (Å²) in [7, 11) is 0. The van der Waals surface area contributed by atoms with E-state index < -0.39 is 6.04 Å². The van der Waals surface area contributed by atoms with Crippen LogP contribution in [-0.2, 0) is 17.8 Å². The van der Waals surface area contributed by atoms with Gasteiger partial charge < -0.3 is 11.1 Å². The van der Waals surface area contributed by atoms with E-state index in [1.54, 1.807) is 17.5 Å². The Morgan fingerprint density at radius 3 is 2.79 bits per heavy atom. The Hall–Kier alpha value is -1.72. The van der Waals surface area contributed by atoms with E-state index in [9.17, 15) is 4.79 Å². The van der Waals surface area contributed by atoms with Crippen LogP contribution in [0.3, 0.4) is 0 Å². The quantitative estimate of drug-likeness (QED) is 0.871. The molecule has 0 saturated heterocycles. The van der Waals surface area contributed by atoms with Gasteiger partial charge in [0.1, 0.15) is 5.01 Å². The molecule has 100 valence electrons. The highest BCUT2D eigenvalue weighted by molar-refractivity contribution is 7.11. The SMILES string of the molecule is Cc1cnc(CNC(=O)[C@@H](N)Cc2ccccc2)s1. The van der Waals surface area contributed by atoms with Crippen LogP contribution in [0.25, 0.3) is 0 Å². The Morgan fingerprint density at radius 2 is 2.16 bits per heavy atom. The topological polar surface area (TPSA) is 68.0 Å². The average Bonchev–Trinajstić information content (AvgIpc) is 2.83. The molecule has 1 aromatic heterocycles. The minimum atomic E-state index is -0.525. The number of hydrogen-bond donors (Lipinski definition) is 2. The lowest BCUT2D eigenvalue weighted by Crippen LogP contribution is -2.41. The van der Waals surface area contributed by atoms with Crippen molar-refractivity contribution in [2.75, 3.05) is 0 Å². The fourth-order valence-electron chi connectivity index (χ4n) is 1.74. The van der Waals surface area contributed by atoms with Crippen molar-refractivity contribution in [2.45, 2.75) is 25.9 Å². The zero-order chi connectivity index (χ0) is 13.7. The number of nitrogens with one attached hydrogen (secondary N) is 1. The Labute approximate surface area is 116 Å².